The van der Waals surface area contributed by atoms with Crippen molar-refractivity contribution in [1.82, 2.24) is 19.6 Å². The van der Waals surface area contributed by atoms with Gasteiger partial charge in [-0.3, -0.25) is 9.48 Å². The predicted octanol–water partition coefficient (Wildman–Crippen LogP) is 3.64. The van der Waals surface area contributed by atoms with E-state index in [9.17, 15) is 4.79 Å². The lowest BCUT2D eigenvalue weighted by Crippen LogP contribution is -2.47. The zero-order valence-corrected chi connectivity index (χ0v) is 16.6. The van der Waals surface area contributed by atoms with Crippen LogP contribution < -0.4 is 0 Å². The lowest BCUT2D eigenvalue weighted by atomic mass is 10.1. The Balaban J connectivity index is 1.68. The topological polar surface area (TPSA) is 41.4 Å². The summed E-state index contributed by atoms with van der Waals surface area (Å²) in [6.45, 7) is 3.87. The number of aromatic nitrogens is 2. The van der Waals surface area contributed by atoms with Crippen LogP contribution in [0.1, 0.15) is 15.9 Å². The van der Waals surface area contributed by atoms with Crippen molar-refractivity contribution in [3.8, 4) is 11.3 Å². The summed E-state index contributed by atoms with van der Waals surface area (Å²) in [5, 5.41) is 5.42. The third-order valence-electron chi connectivity index (χ3n) is 5.09. The van der Waals surface area contributed by atoms with Crippen molar-refractivity contribution in [2.24, 2.45) is 0 Å². The SMILES string of the molecule is CN1CCN(C(=O)c2cn(Cc3ccccc3)nc2-c2ccc(Cl)cc2)CC1. The number of likely N-dealkylation sites (N-methyl/N-ethyl adjacent to an activating group) is 1. The van der Waals surface area contributed by atoms with Crippen LogP contribution in [0.2, 0.25) is 5.02 Å². The molecule has 0 saturated carbocycles. The molecule has 28 heavy (non-hydrogen) atoms. The van der Waals surface area contributed by atoms with Crippen LogP contribution in [0.5, 0.6) is 0 Å². The number of benzene rings is 2. The molecule has 1 aromatic heterocycles. The van der Waals surface area contributed by atoms with Gasteiger partial charge in [0.2, 0.25) is 0 Å². The third kappa shape index (κ3) is 4.11. The first kappa shape index (κ1) is 18.7. The molecule has 1 saturated heterocycles. The second kappa shape index (κ2) is 8.17. The van der Waals surface area contributed by atoms with Crippen molar-refractivity contribution in [3.05, 3.63) is 76.9 Å². The summed E-state index contributed by atoms with van der Waals surface area (Å²) in [5.74, 6) is 0.0392. The van der Waals surface area contributed by atoms with Crippen molar-refractivity contribution < 1.29 is 4.79 Å². The molecule has 0 bridgehead atoms. The van der Waals surface area contributed by atoms with Crippen molar-refractivity contribution in [2.75, 3.05) is 33.2 Å². The average Bonchev–Trinajstić information content (AvgIpc) is 3.13. The van der Waals surface area contributed by atoms with E-state index < -0.39 is 0 Å². The van der Waals surface area contributed by atoms with Gasteiger partial charge >= 0.3 is 0 Å². The maximum absolute atomic E-state index is 13.3. The fourth-order valence-electron chi connectivity index (χ4n) is 3.43. The van der Waals surface area contributed by atoms with Gasteiger partial charge in [0.15, 0.2) is 0 Å². The summed E-state index contributed by atoms with van der Waals surface area (Å²) in [6.07, 6.45) is 1.87. The van der Waals surface area contributed by atoms with Crippen LogP contribution in [0, 0.1) is 0 Å². The fourth-order valence-corrected chi connectivity index (χ4v) is 3.56. The van der Waals surface area contributed by atoms with E-state index in [0.717, 1.165) is 37.3 Å². The normalized spacial score (nSPS) is 15.0. The number of amides is 1. The molecule has 5 nitrogen and oxygen atoms in total. The van der Waals surface area contributed by atoms with Crippen LogP contribution in [0.3, 0.4) is 0 Å². The summed E-state index contributed by atoms with van der Waals surface area (Å²) in [5.41, 5.74) is 3.39. The van der Waals surface area contributed by atoms with E-state index in [1.54, 1.807) is 0 Å². The molecule has 4 rings (SSSR count). The molecule has 6 heteroatoms. The first-order chi connectivity index (χ1) is 13.6. The Hall–Kier alpha value is -2.63. The molecule has 0 unspecified atom stereocenters. The van der Waals surface area contributed by atoms with Crippen LogP contribution in [-0.4, -0.2) is 58.7 Å². The maximum atomic E-state index is 13.3. The molecule has 1 fully saturated rings. The highest BCUT2D eigenvalue weighted by Crippen LogP contribution is 2.26. The van der Waals surface area contributed by atoms with Crippen molar-refractivity contribution in [2.45, 2.75) is 6.54 Å². The van der Waals surface area contributed by atoms with E-state index in [1.165, 1.54) is 0 Å². The molecule has 0 spiro atoms. The van der Waals surface area contributed by atoms with E-state index >= 15 is 0 Å². The highest BCUT2D eigenvalue weighted by Gasteiger charge is 2.25. The summed E-state index contributed by atoms with van der Waals surface area (Å²) >= 11 is 6.04. The molecule has 1 amide bonds. The highest BCUT2D eigenvalue weighted by atomic mass is 35.5. The van der Waals surface area contributed by atoms with Gasteiger partial charge in [0.05, 0.1) is 12.1 Å². The van der Waals surface area contributed by atoms with Gasteiger partial charge in [-0.1, -0.05) is 54.1 Å². The fraction of sp³-hybridized carbons (Fsp3) is 0.273. The molecule has 144 valence electrons. The molecule has 1 aliphatic rings. The van der Waals surface area contributed by atoms with Crippen molar-refractivity contribution >= 4 is 17.5 Å². The van der Waals surface area contributed by atoms with E-state index in [0.29, 0.717) is 22.8 Å². The Labute approximate surface area is 170 Å². The number of carbonyl (C=O) groups is 1. The number of piperazine rings is 1. The minimum atomic E-state index is 0.0392. The lowest BCUT2D eigenvalue weighted by molar-refractivity contribution is 0.0665. The van der Waals surface area contributed by atoms with Crippen LogP contribution in [0.4, 0.5) is 0 Å². The number of rotatable bonds is 4. The molecule has 0 radical (unpaired) electrons. The molecular weight excluding hydrogens is 372 g/mol. The summed E-state index contributed by atoms with van der Waals surface area (Å²) in [7, 11) is 2.08. The molecule has 1 aliphatic heterocycles. The molecule has 0 aliphatic carbocycles. The molecular formula is C22H23ClN4O. The summed E-state index contributed by atoms with van der Waals surface area (Å²) < 4.78 is 1.85. The number of carbonyl (C=O) groups excluding carboxylic acids is 1. The Morgan fingerprint density at radius 3 is 2.36 bits per heavy atom. The monoisotopic (exact) mass is 394 g/mol. The van der Waals surface area contributed by atoms with Crippen LogP contribution in [0.25, 0.3) is 11.3 Å². The minimum absolute atomic E-state index is 0.0392. The Morgan fingerprint density at radius 1 is 1.00 bits per heavy atom. The lowest BCUT2D eigenvalue weighted by Gasteiger charge is -2.32. The van der Waals surface area contributed by atoms with E-state index in [2.05, 4.69) is 24.1 Å². The van der Waals surface area contributed by atoms with Gasteiger partial charge in [-0.15, -0.1) is 0 Å². The maximum Gasteiger partial charge on any atom is 0.257 e. The van der Waals surface area contributed by atoms with E-state index in [1.807, 2.05) is 58.2 Å². The minimum Gasteiger partial charge on any atom is -0.336 e. The molecule has 2 aromatic carbocycles. The van der Waals surface area contributed by atoms with Gasteiger partial charge in [-0.05, 0) is 24.7 Å². The Kier molecular flexibility index (Phi) is 5.46. The Bertz CT molecular complexity index is 944. The van der Waals surface area contributed by atoms with Crippen molar-refractivity contribution in [1.29, 1.82) is 0 Å². The quantitative estimate of drug-likeness (QED) is 0.678. The van der Waals surface area contributed by atoms with Gasteiger partial charge in [-0.25, -0.2) is 0 Å². The number of nitrogens with zero attached hydrogens (tertiary/aromatic N) is 4. The molecule has 0 atom stereocenters. The standard InChI is InChI=1S/C22H23ClN4O/c1-25-11-13-26(14-12-25)22(28)20-16-27(15-17-5-3-2-4-6-17)24-21(20)18-7-9-19(23)10-8-18/h2-10,16H,11-15H2,1H3. The number of hydrogen-bond donors (Lipinski definition) is 0. The first-order valence-corrected chi connectivity index (χ1v) is 9.83. The second-order valence-corrected chi connectivity index (χ2v) is 7.61. The van der Waals surface area contributed by atoms with Crippen LogP contribution in [-0.2, 0) is 6.54 Å². The summed E-state index contributed by atoms with van der Waals surface area (Å²) in [4.78, 5) is 17.4. The zero-order valence-electron chi connectivity index (χ0n) is 15.9. The third-order valence-corrected chi connectivity index (χ3v) is 5.34. The number of hydrogen-bond acceptors (Lipinski definition) is 3. The van der Waals surface area contributed by atoms with Gasteiger partial charge in [-0.2, -0.15) is 5.10 Å². The van der Waals surface area contributed by atoms with Gasteiger partial charge in [0, 0.05) is 43.0 Å². The van der Waals surface area contributed by atoms with Crippen LogP contribution >= 0.6 is 11.6 Å². The second-order valence-electron chi connectivity index (χ2n) is 7.18. The summed E-state index contributed by atoms with van der Waals surface area (Å²) in [6, 6.07) is 17.6. The largest absolute Gasteiger partial charge is 0.336 e. The van der Waals surface area contributed by atoms with Crippen molar-refractivity contribution in [3.63, 3.8) is 0 Å². The smallest absolute Gasteiger partial charge is 0.257 e. The molecule has 0 N–H and O–H groups in total. The average molecular weight is 395 g/mol. The highest BCUT2D eigenvalue weighted by molar-refractivity contribution is 6.30. The molecule has 2 heterocycles. The molecule has 3 aromatic rings. The van der Waals surface area contributed by atoms with Gasteiger partial charge in [0.1, 0.15) is 5.69 Å². The number of halogens is 1. The van der Waals surface area contributed by atoms with Gasteiger partial charge < -0.3 is 9.80 Å². The Morgan fingerprint density at radius 2 is 1.68 bits per heavy atom. The first-order valence-electron chi connectivity index (χ1n) is 9.45. The van der Waals surface area contributed by atoms with E-state index in [4.69, 9.17) is 16.7 Å². The predicted molar refractivity (Wildman–Crippen MR) is 112 cm³/mol. The van der Waals surface area contributed by atoms with Gasteiger partial charge in [0.25, 0.3) is 5.91 Å². The van der Waals surface area contributed by atoms with E-state index in [-0.39, 0.29) is 5.91 Å². The van der Waals surface area contributed by atoms with Crippen LogP contribution in [0.15, 0.2) is 60.8 Å². The zero-order chi connectivity index (χ0) is 19.5.